The van der Waals surface area contributed by atoms with Gasteiger partial charge in [0.2, 0.25) is 0 Å². The fraction of sp³-hybridized carbons (Fsp3) is 0.247. The molecule has 10 aromatic rings. The van der Waals surface area contributed by atoms with Gasteiger partial charge < -0.3 is 19.1 Å². The number of hydrogen-bond donors (Lipinski definition) is 0. The number of rotatable bonds is 7. The van der Waals surface area contributed by atoms with E-state index in [2.05, 4.69) is 292 Å². The third-order valence-electron chi connectivity index (χ3n) is 17.8. The fourth-order valence-corrected chi connectivity index (χ4v) is 14.7. The fourth-order valence-electron chi connectivity index (χ4n) is 13.5. The maximum Gasteiger partial charge on any atom is 0.135 e. The third kappa shape index (κ3) is 9.03. The molecule has 2 aromatic heterocycles. The number of allylic oxidation sites excluding steroid dienone is 1. The number of fused-ring (bicyclic) bond motifs is 7. The molecule has 4 heterocycles. The number of aromatic nitrogens is 2. The van der Waals surface area contributed by atoms with Gasteiger partial charge in [-0.05, 0) is 133 Å². The zero-order chi connectivity index (χ0) is 57.5. The first-order valence-electron chi connectivity index (χ1n) is 29.4. The minimum Gasteiger partial charge on any atom is -0.509 e. The average molecular weight is 1300 g/mol. The standard InChI is InChI=1S/C77H71N4OS.Pt/c1-73(2,3)50-36-37-78-69(43-50)81-65-33-23-30-61-70(65)71-62(77(61)59-28-16-20-34-67(59)83-68-35-21-17-29-60(68)77)45-56(46-66(71)81)82-55-27-22-26-54(44-55)79-47-80(64-32-19-18-31-63(64)79)72-57(48-24-14-13-15-25-48)41-53(76(10,11)12)42-58(72)49-38-51(74(4,5)6)40-52(39-49)75(7,8)9;/h13-29,31-43,45,47,61H,30H2,1-12H3;/q-3;. The molecule has 14 rings (SSSR count). The van der Waals surface area contributed by atoms with Crippen molar-refractivity contribution in [1.29, 1.82) is 0 Å². The Hall–Kier alpha value is -7.37. The van der Waals surface area contributed by atoms with Crippen LogP contribution in [0.3, 0.4) is 0 Å². The van der Waals surface area contributed by atoms with Crippen molar-refractivity contribution in [2.75, 3.05) is 9.80 Å². The molecule has 7 heteroatoms. The Morgan fingerprint density at radius 3 is 1.77 bits per heavy atom. The Labute approximate surface area is 516 Å². The molecular weight excluding hydrogens is 1220 g/mol. The van der Waals surface area contributed by atoms with Gasteiger partial charge in [0.05, 0.1) is 0 Å². The van der Waals surface area contributed by atoms with Gasteiger partial charge in [0.15, 0.2) is 0 Å². The van der Waals surface area contributed by atoms with Crippen molar-refractivity contribution < 1.29 is 25.8 Å². The van der Waals surface area contributed by atoms with Crippen LogP contribution < -0.4 is 14.5 Å². The Morgan fingerprint density at radius 2 is 1.13 bits per heavy atom. The second-order valence-corrected chi connectivity index (χ2v) is 28.4. The molecule has 424 valence electrons. The second-order valence-electron chi connectivity index (χ2n) is 27.3. The molecule has 0 fully saturated rings. The van der Waals surface area contributed by atoms with Crippen LogP contribution >= 0.6 is 11.8 Å². The van der Waals surface area contributed by atoms with E-state index < -0.39 is 5.41 Å². The van der Waals surface area contributed by atoms with Crippen molar-refractivity contribution in [1.82, 2.24) is 9.55 Å². The van der Waals surface area contributed by atoms with Crippen molar-refractivity contribution in [2.45, 2.75) is 132 Å². The Kier molecular flexibility index (Phi) is 13.4. The molecule has 0 saturated heterocycles. The first kappa shape index (κ1) is 55.8. The summed E-state index contributed by atoms with van der Waals surface area (Å²) < 4.78 is 9.63. The second kappa shape index (κ2) is 20.1. The van der Waals surface area contributed by atoms with E-state index in [9.17, 15) is 0 Å². The van der Waals surface area contributed by atoms with Crippen molar-refractivity contribution in [3.05, 3.63) is 251 Å². The van der Waals surface area contributed by atoms with Crippen LogP contribution in [0.5, 0.6) is 11.5 Å². The molecule has 0 N–H and O–H groups in total. The normalized spacial score (nSPS) is 15.7. The molecule has 84 heavy (non-hydrogen) atoms. The van der Waals surface area contributed by atoms with E-state index in [1.165, 1.54) is 82.1 Å². The number of benzene rings is 8. The summed E-state index contributed by atoms with van der Waals surface area (Å²) in [7, 11) is 0. The van der Waals surface area contributed by atoms with Gasteiger partial charge in [-0.3, -0.25) is 0 Å². The Morgan fingerprint density at radius 1 is 0.548 bits per heavy atom. The molecule has 8 aromatic carbocycles. The van der Waals surface area contributed by atoms with Gasteiger partial charge in [-0.1, -0.05) is 209 Å². The summed E-state index contributed by atoms with van der Waals surface area (Å²) in [5, 5.41) is 1.24. The van der Waals surface area contributed by atoms with Gasteiger partial charge in [-0.15, -0.1) is 53.6 Å². The van der Waals surface area contributed by atoms with Crippen LogP contribution in [0.25, 0.3) is 45.1 Å². The van der Waals surface area contributed by atoms with E-state index in [-0.39, 0.29) is 48.6 Å². The van der Waals surface area contributed by atoms with E-state index in [1.807, 2.05) is 24.0 Å². The van der Waals surface area contributed by atoms with Gasteiger partial charge in [0, 0.05) is 87.9 Å². The maximum atomic E-state index is 7.28. The summed E-state index contributed by atoms with van der Waals surface area (Å²) >= 11 is 1.88. The van der Waals surface area contributed by atoms with Crippen LogP contribution in [0.1, 0.15) is 146 Å². The summed E-state index contributed by atoms with van der Waals surface area (Å²) in [4.78, 5) is 12.4. The molecule has 0 saturated carbocycles. The van der Waals surface area contributed by atoms with Crippen molar-refractivity contribution in [3.63, 3.8) is 0 Å². The smallest absolute Gasteiger partial charge is 0.135 e. The third-order valence-corrected chi connectivity index (χ3v) is 19.0. The zero-order valence-corrected chi connectivity index (χ0v) is 53.3. The molecule has 1 unspecified atom stereocenters. The number of nitrogens with zero attached hydrogens (tertiary/aromatic N) is 4. The summed E-state index contributed by atoms with van der Waals surface area (Å²) in [6.07, 6.45) is 7.57. The predicted octanol–water partition coefficient (Wildman–Crippen LogP) is 20.7. The number of hydrogen-bond acceptors (Lipinski definition) is 5. The minimum absolute atomic E-state index is 0. The molecule has 5 nitrogen and oxygen atoms in total. The van der Waals surface area contributed by atoms with Gasteiger partial charge in [-0.2, -0.15) is 6.07 Å². The number of anilines is 4. The molecule has 2 aliphatic heterocycles. The monoisotopic (exact) mass is 1290 g/mol. The van der Waals surface area contributed by atoms with Gasteiger partial charge in [-0.25, -0.2) is 4.98 Å². The zero-order valence-electron chi connectivity index (χ0n) is 50.2. The number of ether oxygens (including phenoxy) is 1. The molecular formula is C77H71N4OPtS-3. The van der Waals surface area contributed by atoms with Crippen molar-refractivity contribution in [2.24, 2.45) is 0 Å². The molecule has 1 spiro atoms. The van der Waals surface area contributed by atoms with Crippen LogP contribution in [-0.2, 0) is 48.1 Å². The van der Waals surface area contributed by atoms with Crippen LogP contribution in [-0.4, -0.2) is 9.55 Å². The maximum absolute atomic E-state index is 7.28. The minimum atomic E-state index is -0.470. The first-order chi connectivity index (χ1) is 39.7. The van der Waals surface area contributed by atoms with E-state index in [0.29, 0.717) is 11.5 Å². The summed E-state index contributed by atoms with van der Waals surface area (Å²) in [6, 6.07) is 70.8. The summed E-state index contributed by atoms with van der Waals surface area (Å²) in [5.41, 5.74) is 20.6. The Bertz CT molecular complexity index is 4220. The van der Waals surface area contributed by atoms with Crippen LogP contribution in [0, 0.1) is 18.8 Å². The van der Waals surface area contributed by atoms with E-state index in [1.54, 1.807) is 0 Å². The largest absolute Gasteiger partial charge is 0.509 e. The van der Waals surface area contributed by atoms with E-state index in [4.69, 9.17) is 9.72 Å². The predicted molar refractivity (Wildman–Crippen MR) is 346 cm³/mol. The SMILES string of the molecule is CC(C)(C)c1cc(-c2cc(C(C)(C)C)cc(-c3ccccc3)c2N2[CH-]N(c3[c-]c(Oc4[c-]c5c6c(c4)C4(c7ccccc7Sc7ccccc74)C4CC=Cc(c64)n5-c4cc(C(C)(C)C)ccn4)ccc3)c3ccccc32)cc(C(C)(C)C)c1.[Pt]. The summed E-state index contributed by atoms with van der Waals surface area (Å²) in [5.74, 6) is 2.26. The van der Waals surface area contributed by atoms with Crippen LogP contribution in [0.4, 0.5) is 22.7 Å². The van der Waals surface area contributed by atoms with Crippen LogP contribution in [0.15, 0.2) is 192 Å². The molecule has 1 atom stereocenters. The van der Waals surface area contributed by atoms with Crippen molar-refractivity contribution >= 4 is 51.5 Å². The quantitative estimate of drug-likeness (QED) is 0.149. The van der Waals surface area contributed by atoms with Crippen LogP contribution in [0.2, 0.25) is 0 Å². The van der Waals surface area contributed by atoms with Gasteiger partial charge >= 0.3 is 0 Å². The summed E-state index contributed by atoms with van der Waals surface area (Å²) in [6.45, 7) is 30.0. The molecule has 0 radical (unpaired) electrons. The van der Waals surface area contributed by atoms with Gasteiger partial charge in [0.1, 0.15) is 5.82 Å². The molecule has 0 bridgehead atoms. The number of pyridine rings is 1. The topological polar surface area (TPSA) is 33.5 Å². The molecule has 0 amide bonds. The average Bonchev–Trinajstić information content (AvgIpc) is 1.49. The van der Waals surface area contributed by atoms with E-state index >= 15 is 0 Å². The van der Waals surface area contributed by atoms with Crippen molar-refractivity contribution in [3.8, 4) is 39.6 Å². The Balaban J connectivity index is 0.00000658. The molecule has 2 aliphatic carbocycles. The van der Waals surface area contributed by atoms with E-state index in [0.717, 1.165) is 46.1 Å². The first-order valence-corrected chi connectivity index (χ1v) is 30.3. The molecule has 4 aliphatic rings. The van der Waals surface area contributed by atoms with Gasteiger partial charge in [0.25, 0.3) is 0 Å². The number of para-hydroxylation sites is 2.